The van der Waals surface area contributed by atoms with Gasteiger partial charge in [-0.3, -0.25) is 4.79 Å². The number of carbonyl (C=O) groups excluding carboxylic acids is 1. The molecular weight excluding hydrogens is 175 g/mol. The summed E-state index contributed by atoms with van der Waals surface area (Å²) in [4.78, 5) is 20.3. The molecule has 0 saturated heterocycles. The first-order chi connectivity index (χ1) is 4.72. The van der Waals surface area contributed by atoms with Gasteiger partial charge in [-0.05, 0) is 18.4 Å². The van der Waals surface area contributed by atoms with Crippen molar-refractivity contribution in [2.45, 2.75) is 6.42 Å². The number of thioether (sulfide) groups is 1. The Labute approximate surface area is 92.2 Å². The van der Waals surface area contributed by atoms with E-state index in [0.717, 1.165) is 5.75 Å². The molecule has 0 aliphatic carbocycles. The number of aliphatic carboxylic acids is 1. The van der Waals surface area contributed by atoms with Gasteiger partial charge in [-0.1, -0.05) is 0 Å². The van der Waals surface area contributed by atoms with Crippen molar-refractivity contribution in [3.05, 3.63) is 0 Å². The Balaban J connectivity index is 0. The molecular formula is C6H11NaO3S. The monoisotopic (exact) mass is 186 g/mol. The average molecular weight is 186 g/mol. The molecule has 0 aliphatic rings. The summed E-state index contributed by atoms with van der Waals surface area (Å²) >= 11 is 1.54. The summed E-state index contributed by atoms with van der Waals surface area (Å²) in [6.07, 6.45) is 2.79. The number of carboxylic acid groups (broad SMARTS) is 1. The molecule has 0 rings (SSSR count). The first-order valence-electron chi connectivity index (χ1n) is 2.89. The van der Waals surface area contributed by atoms with Gasteiger partial charge in [0.1, 0.15) is 12.2 Å². The van der Waals surface area contributed by atoms with Crippen LogP contribution in [0.3, 0.4) is 0 Å². The van der Waals surface area contributed by atoms with Gasteiger partial charge in [-0.25, -0.2) is 0 Å². The van der Waals surface area contributed by atoms with E-state index in [2.05, 4.69) is 0 Å². The van der Waals surface area contributed by atoms with Crippen molar-refractivity contribution in [3.8, 4) is 0 Å². The average Bonchev–Trinajstić information content (AvgIpc) is 1.89. The van der Waals surface area contributed by atoms with Crippen LogP contribution in [0.25, 0.3) is 0 Å². The fourth-order valence-electron chi connectivity index (χ4n) is 0.495. The first kappa shape index (κ1) is 14.0. The maximum atomic E-state index is 10.2. The van der Waals surface area contributed by atoms with E-state index in [0.29, 0.717) is 12.7 Å². The van der Waals surface area contributed by atoms with Crippen molar-refractivity contribution in [2.75, 3.05) is 12.0 Å². The Bertz CT molecular complexity index is 129. The Morgan fingerprint density at radius 2 is 2.27 bits per heavy atom. The van der Waals surface area contributed by atoms with E-state index < -0.39 is 11.9 Å². The van der Waals surface area contributed by atoms with Gasteiger partial charge in [0, 0.05) is 0 Å². The van der Waals surface area contributed by atoms with E-state index >= 15 is 0 Å². The van der Waals surface area contributed by atoms with Crippen LogP contribution in [0, 0.1) is 5.92 Å². The summed E-state index contributed by atoms with van der Waals surface area (Å²) in [6, 6.07) is 0. The molecule has 1 atom stereocenters. The molecule has 1 unspecified atom stereocenters. The third-order valence-electron chi connectivity index (χ3n) is 1.11. The number of carbonyl (C=O) groups is 2. The first-order valence-corrected chi connectivity index (χ1v) is 4.28. The van der Waals surface area contributed by atoms with E-state index in [1.807, 2.05) is 6.26 Å². The number of hydrogen-bond donors (Lipinski definition) is 1. The minimum absolute atomic E-state index is 0. The van der Waals surface area contributed by atoms with E-state index in [-0.39, 0.29) is 29.6 Å². The summed E-state index contributed by atoms with van der Waals surface area (Å²) < 4.78 is 0. The molecule has 0 aromatic heterocycles. The Morgan fingerprint density at radius 1 is 1.73 bits per heavy atom. The SMILES string of the molecule is CSCCC(C=O)C(=O)O.[NaH]. The number of hydrogen-bond acceptors (Lipinski definition) is 3. The normalized spacial score (nSPS) is 11.4. The molecule has 0 heterocycles. The van der Waals surface area contributed by atoms with E-state index in [4.69, 9.17) is 5.11 Å². The van der Waals surface area contributed by atoms with Crippen molar-refractivity contribution >= 4 is 53.6 Å². The molecule has 0 aliphatic heterocycles. The molecule has 11 heavy (non-hydrogen) atoms. The predicted octanol–water partition coefficient (Wildman–Crippen LogP) is -0.00930. The summed E-state index contributed by atoms with van der Waals surface area (Å²) in [5.41, 5.74) is 0. The fourth-order valence-corrected chi connectivity index (χ4v) is 0.984. The van der Waals surface area contributed by atoms with Crippen LogP contribution in [-0.4, -0.2) is 58.9 Å². The summed E-state index contributed by atoms with van der Waals surface area (Å²) in [5, 5.41) is 8.36. The Morgan fingerprint density at radius 3 is 2.55 bits per heavy atom. The van der Waals surface area contributed by atoms with Gasteiger partial charge in [-0.2, -0.15) is 11.8 Å². The second-order valence-electron chi connectivity index (χ2n) is 1.86. The molecule has 0 bridgehead atoms. The maximum absolute atomic E-state index is 10.2. The second kappa shape index (κ2) is 8.59. The van der Waals surface area contributed by atoms with Gasteiger partial charge in [-0.15, -0.1) is 0 Å². The number of rotatable bonds is 5. The van der Waals surface area contributed by atoms with Crippen molar-refractivity contribution in [1.29, 1.82) is 0 Å². The minimum atomic E-state index is -1.02. The Kier molecular flexibility index (Phi) is 11.0. The van der Waals surface area contributed by atoms with E-state index in [1.165, 1.54) is 0 Å². The van der Waals surface area contributed by atoms with Crippen LogP contribution in [0.1, 0.15) is 6.42 Å². The number of carboxylic acids is 1. The molecule has 0 aromatic rings. The van der Waals surface area contributed by atoms with E-state index in [9.17, 15) is 9.59 Å². The van der Waals surface area contributed by atoms with Crippen LogP contribution in [0.4, 0.5) is 0 Å². The number of aldehydes is 1. The quantitative estimate of drug-likeness (QED) is 0.373. The van der Waals surface area contributed by atoms with Crippen molar-refractivity contribution in [2.24, 2.45) is 5.92 Å². The second-order valence-corrected chi connectivity index (χ2v) is 2.85. The zero-order valence-electron chi connectivity index (χ0n) is 5.74. The van der Waals surface area contributed by atoms with Crippen LogP contribution in [-0.2, 0) is 9.59 Å². The molecule has 60 valence electrons. The molecule has 0 spiro atoms. The summed E-state index contributed by atoms with van der Waals surface area (Å²) in [7, 11) is 0. The van der Waals surface area contributed by atoms with Crippen LogP contribution < -0.4 is 0 Å². The fraction of sp³-hybridized carbons (Fsp3) is 0.667. The third kappa shape index (κ3) is 6.87. The van der Waals surface area contributed by atoms with Gasteiger partial charge in [0.2, 0.25) is 0 Å². The molecule has 3 nitrogen and oxygen atoms in total. The molecule has 0 saturated carbocycles. The van der Waals surface area contributed by atoms with Gasteiger partial charge >= 0.3 is 35.5 Å². The van der Waals surface area contributed by atoms with Crippen LogP contribution in [0.2, 0.25) is 0 Å². The van der Waals surface area contributed by atoms with Crippen molar-refractivity contribution in [3.63, 3.8) is 0 Å². The van der Waals surface area contributed by atoms with Crippen molar-refractivity contribution in [1.82, 2.24) is 0 Å². The van der Waals surface area contributed by atoms with Crippen LogP contribution in [0.15, 0.2) is 0 Å². The van der Waals surface area contributed by atoms with Gasteiger partial charge in [0.15, 0.2) is 0 Å². The van der Waals surface area contributed by atoms with Gasteiger partial charge in [0.25, 0.3) is 0 Å². The Hall–Kier alpha value is 0.490. The molecule has 0 amide bonds. The predicted molar refractivity (Wildman–Crippen MR) is 47.3 cm³/mol. The molecule has 5 heteroatoms. The van der Waals surface area contributed by atoms with Crippen LogP contribution >= 0.6 is 11.8 Å². The van der Waals surface area contributed by atoms with Gasteiger partial charge in [0.05, 0.1) is 0 Å². The van der Waals surface area contributed by atoms with Gasteiger partial charge < -0.3 is 9.90 Å². The molecule has 0 aromatic carbocycles. The summed E-state index contributed by atoms with van der Waals surface area (Å²) in [5.74, 6) is -1.12. The zero-order valence-corrected chi connectivity index (χ0v) is 6.56. The standard InChI is InChI=1S/C6H10O3S.Na.H/c1-10-3-2-5(4-7)6(8)9;;/h4-5H,2-3H2,1H3,(H,8,9);;. The third-order valence-corrected chi connectivity index (χ3v) is 1.76. The van der Waals surface area contributed by atoms with Crippen LogP contribution in [0.5, 0.6) is 0 Å². The topological polar surface area (TPSA) is 54.4 Å². The van der Waals surface area contributed by atoms with E-state index in [1.54, 1.807) is 11.8 Å². The molecule has 0 fully saturated rings. The zero-order chi connectivity index (χ0) is 7.98. The molecule has 0 radical (unpaired) electrons. The summed E-state index contributed by atoms with van der Waals surface area (Å²) in [6.45, 7) is 0. The van der Waals surface area contributed by atoms with Crippen molar-refractivity contribution < 1.29 is 14.7 Å². The molecule has 1 N–H and O–H groups in total.